The van der Waals surface area contributed by atoms with E-state index in [1.165, 1.54) is 0 Å². The molecule has 1 unspecified atom stereocenters. The van der Waals surface area contributed by atoms with Gasteiger partial charge in [-0.15, -0.1) is 0 Å². The number of aromatic nitrogens is 2. The van der Waals surface area contributed by atoms with Crippen LogP contribution in [-0.2, 0) is 22.1 Å². The van der Waals surface area contributed by atoms with Crippen LogP contribution in [0, 0.1) is 0 Å². The number of carbonyl (C=O) groups is 1. The van der Waals surface area contributed by atoms with E-state index in [0.717, 1.165) is 6.20 Å². The van der Waals surface area contributed by atoms with E-state index >= 15 is 0 Å². The van der Waals surface area contributed by atoms with E-state index in [1.807, 2.05) is 5.10 Å². The molecule has 0 spiro atoms. The number of hydrogen-bond acceptors (Lipinski definition) is 3. The maximum absolute atomic E-state index is 12.8. The molecule has 0 aliphatic heterocycles. The lowest BCUT2D eigenvalue weighted by Crippen LogP contribution is -2.13. The summed E-state index contributed by atoms with van der Waals surface area (Å²) in [6, 6.07) is 6.48. The molecule has 1 aromatic carbocycles. The van der Waals surface area contributed by atoms with Gasteiger partial charge in [-0.05, 0) is 6.07 Å². The molecule has 8 heteroatoms. The number of carbonyl (C=O) groups excluding carboxylic acids is 1. The molecule has 1 aromatic heterocycles. The van der Waals surface area contributed by atoms with E-state index in [-0.39, 0.29) is 18.5 Å². The van der Waals surface area contributed by atoms with Crippen LogP contribution in [0.15, 0.2) is 30.5 Å². The number of benzene rings is 1. The largest absolute Gasteiger partial charge is 0.459 e. The molecule has 2 rings (SSSR count). The van der Waals surface area contributed by atoms with Gasteiger partial charge in [-0.1, -0.05) is 29.8 Å². The average Bonchev–Trinajstić information content (AvgIpc) is 2.87. The van der Waals surface area contributed by atoms with Gasteiger partial charge in [-0.25, -0.2) is 0 Å². The lowest BCUT2D eigenvalue weighted by atomic mass is 10.0. The van der Waals surface area contributed by atoms with Crippen molar-refractivity contribution in [1.82, 2.24) is 10.2 Å². The molecule has 0 saturated carbocycles. The first kappa shape index (κ1) is 15.4. The number of rotatable bonds is 5. The molecule has 4 nitrogen and oxygen atoms in total. The monoisotopic (exact) mass is 318 g/mol. The molecule has 0 fully saturated rings. The number of hydrogen-bond donors (Lipinski definition) is 1. The maximum atomic E-state index is 12.8. The molecule has 1 heterocycles. The first-order valence-corrected chi connectivity index (χ1v) is 6.24. The molecule has 112 valence electrons. The second-order valence-corrected chi connectivity index (χ2v) is 4.62. The van der Waals surface area contributed by atoms with E-state index in [2.05, 4.69) is 5.10 Å². The van der Waals surface area contributed by atoms with Crippen LogP contribution in [-0.4, -0.2) is 16.7 Å². The van der Waals surface area contributed by atoms with Crippen molar-refractivity contribution < 1.29 is 22.7 Å². The third-order valence-electron chi connectivity index (χ3n) is 2.88. The molecule has 0 amide bonds. The van der Waals surface area contributed by atoms with Crippen LogP contribution >= 0.6 is 11.6 Å². The van der Waals surface area contributed by atoms with Crippen molar-refractivity contribution in [1.29, 1.82) is 0 Å². The van der Waals surface area contributed by atoms with Crippen molar-refractivity contribution >= 4 is 18.1 Å². The highest BCUT2D eigenvalue weighted by atomic mass is 35.5. The van der Waals surface area contributed by atoms with E-state index in [0.29, 0.717) is 10.6 Å². The van der Waals surface area contributed by atoms with Crippen LogP contribution in [0.3, 0.4) is 0 Å². The molecule has 0 aliphatic rings. The second kappa shape index (κ2) is 6.17. The van der Waals surface area contributed by atoms with Gasteiger partial charge in [-0.3, -0.25) is 9.89 Å². The van der Waals surface area contributed by atoms with E-state index in [1.54, 1.807) is 24.3 Å². The van der Waals surface area contributed by atoms with Gasteiger partial charge in [0, 0.05) is 22.6 Å². The summed E-state index contributed by atoms with van der Waals surface area (Å²) in [6.45, 7) is 0.182. The molecule has 0 saturated heterocycles. The zero-order valence-corrected chi connectivity index (χ0v) is 11.3. The van der Waals surface area contributed by atoms with Crippen LogP contribution in [0.1, 0.15) is 22.9 Å². The Morgan fingerprint density at radius 1 is 1.38 bits per heavy atom. The fourth-order valence-electron chi connectivity index (χ4n) is 1.95. The minimum atomic E-state index is -4.56. The van der Waals surface area contributed by atoms with Gasteiger partial charge in [0.15, 0.2) is 0 Å². The fourth-order valence-corrected chi connectivity index (χ4v) is 2.20. The number of nitrogens with one attached hydrogen (secondary N) is 1. The van der Waals surface area contributed by atoms with Crippen molar-refractivity contribution in [3.8, 4) is 0 Å². The predicted octanol–water partition coefficient (Wildman–Crippen LogP) is 3.54. The van der Waals surface area contributed by atoms with Crippen molar-refractivity contribution in [2.75, 3.05) is 0 Å². The topological polar surface area (TPSA) is 55.0 Å². The summed E-state index contributed by atoms with van der Waals surface area (Å²) in [7, 11) is 0. The molecular weight excluding hydrogens is 309 g/mol. The highest BCUT2D eigenvalue weighted by Crippen LogP contribution is 2.34. The summed E-state index contributed by atoms with van der Waals surface area (Å²) in [5.41, 5.74) is -0.635. The Morgan fingerprint density at radius 2 is 2.10 bits per heavy atom. The van der Waals surface area contributed by atoms with Crippen LogP contribution in [0.4, 0.5) is 13.2 Å². The smallest absolute Gasteiger partial charge is 0.433 e. The predicted molar refractivity (Wildman–Crippen MR) is 68.6 cm³/mol. The minimum Gasteiger partial charge on any atom is -0.459 e. The van der Waals surface area contributed by atoms with E-state index in [9.17, 15) is 18.0 Å². The van der Waals surface area contributed by atoms with Crippen molar-refractivity contribution in [2.45, 2.75) is 18.7 Å². The van der Waals surface area contributed by atoms with E-state index in [4.69, 9.17) is 16.3 Å². The zero-order valence-electron chi connectivity index (χ0n) is 10.5. The number of halogens is 4. The van der Waals surface area contributed by atoms with Gasteiger partial charge in [-0.2, -0.15) is 18.3 Å². The van der Waals surface area contributed by atoms with Gasteiger partial charge >= 0.3 is 6.18 Å². The molecule has 1 atom stereocenters. The number of nitrogens with zero attached hydrogens (tertiary/aromatic N) is 1. The highest BCUT2D eigenvalue weighted by molar-refractivity contribution is 6.31. The van der Waals surface area contributed by atoms with Gasteiger partial charge in [0.25, 0.3) is 6.47 Å². The van der Waals surface area contributed by atoms with Crippen molar-refractivity contribution in [3.63, 3.8) is 0 Å². The van der Waals surface area contributed by atoms with Crippen LogP contribution in [0.25, 0.3) is 0 Å². The Labute approximate surface area is 122 Å². The highest BCUT2D eigenvalue weighted by Gasteiger charge is 2.36. The third-order valence-corrected chi connectivity index (χ3v) is 3.22. The third kappa shape index (κ3) is 3.55. The Balaban J connectivity index is 2.32. The lowest BCUT2D eigenvalue weighted by Gasteiger charge is -2.17. The standard InChI is InChI=1S/C13H10ClF3N2O2/c14-10-4-2-1-3-9(10)11(21-7-20)5-8-6-18-19-12(8)13(15,16)17/h1-4,6-7,11H,5H2,(H,18,19). The summed E-state index contributed by atoms with van der Waals surface area (Å²) in [5, 5.41) is 5.61. The Morgan fingerprint density at radius 3 is 2.71 bits per heavy atom. The SMILES string of the molecule is O=COC(Cc1cn[nH]c1C(F)(F)F)c1ccccc1Cl. The molecule has 21 heavy (non-hydrogen) atoms. The number of alkyl halides is 3. The summed E-state index contributed by atoms with van der Waals surface area (Å²) < 4.78 is 43.3. The van der Waals surface area contributed by atoms with E-state index < -0.39 is 18.0 Å². The molecule has 1 N–H and O–H groups in total. The molecule has 0 aliphatic carbocycles. The van der Waals surface area contributed by atoms with Gasteiger partial charge < -0.3 is 4.74 Å². The molecule has 0 bridgehead atoms. The fraction of sp³-hybridized carbons (Fsp3) is 0.231. The number of ether oxygens (including phenoxy) is 1. The quantitative estimate of drug-likeness (QED) is 0.858. The van der Waals surface area contributed by atoms with Gasteiger partial charge in [0.05, 0.1) is 6.20 Å². The lowest BCUT2D eigenvalue weighted by molar-refractivity contribution is -0.142. The Bertz CT molecular complexity index is 628. The van der Waals surface area contributed by atoms with Crippen LogP contribution < -0.4 is 0 Å². The number of H-pyrrole nitrogens is 1. The molecule has 0 radical (unpaired) electrons. The first-order chi connectivity index (χ1) is 9.93. The number of aromatic amines is 1. The first-order valence-electron chi connectivity index (χ1n) is 5.86. The Kier molecular flexibility index (Phi) is 4.52. The Hall–Kier alpha value is -2.02. The summed E-state index contributed by atoms with van der Waals surface area (Å²) in [5.74, 6) is 0. The zero-order chi connectivity index (χ0) is 15.5. The van der Waals surface area contributed by atoms with Crippen LogP contribution in [0.2, 0.25) is 5.02 Å². The summed E-state index contributed by atoms with van der Waals surface area (Å²) in [6.07, 6.45) is -4.61. The molecule has 2 aromatic rings. The van der Waals surface area contributed by atoms with Gasteiger partial charge in [0.1, 0.15) is 11.8 Å². The minimum absolute atomic E-state index is 0.103. The normalized spacial score (nSPS) is 13.0. The molecular formula is C13H10ClF3N2O2. The van der Waals surface area contributed by atoms with Crippen molar-refractivity contribution in [3.05, 3.63) is 52.3 Å². The average molecular weight is 319 g/mol. The maximum Gasteiger partial charge on any atom is 0.433 e. The summed E-state index contributed by atoms with van der Waals surface area (Å²) >= 11 is 5.98. The van der Waals surface area contributed by atoms with Crippen molar-refractivity contribution in [2.24, 2.45) is 0 Å². The second-order valence-electron chi connectivity index (χ2n) is 4.21. The van der Waals surface area contributed by atoms with Gasteiger partial charge in [0.2, 0.25) is 0 Å². The van der Waals surface area contributed by atoms with Crippen LogP contribution in [0.5, 0.6) is 0 Å². The summed E-state index contributed by atoms with van der Waals surface area (Å²) in [4.78, 5) is 10.6.